The highest BCUT2D eigenvalue weighted by molar-refractivity contribution is 5.98. The maximum Gasteiger partial charge on any atom is 0.144 e. The first-order chi connectivity index (χ1) is 9.67. The molecule has 0 bridgehead atoms. The minimum atomic E-state index is 0.814. The van der Waals surface area contributed by atoms with E-state index in [1.54, 1.807) is 7.11 Å². The Kier molecular flexibility index (Phi) is 3.06. The predicted molar refractivity (Wildman–Crippen MR) is 82.0 cm³/mol. The number of hydrogen-bond acceptors (Lipinski definition) is 2. The number of ether oxygens (including phenoxy) is 1. The Morgan fingerprint density at radius 3 is 2.70 bits per heavy atom. The van der Waals surface area contributed by atoms with Crippen molar-refractivity contribution in [3.8, 4) is 17.1 Å². The lowest BCUT2D eigenvalue weighted by molar-refractivity contribution is 0.414. The number of methoxy groups -OCH3 is 1. The predicted octanol–water partition coefficient (Wildman–Crippen LogP) is 3.78. The van der Waals surface area contributed by atoms with Crippen LogP contribution in [0.25, 0.3) is 17.5 Å². The van der Waals surface area contributed by atoms with Gasteiger partial charge in [-0.1, -0.05) is 0 Å². The number of allylic oxidation sites excluding steroid dienone is 2. The van der Waals surface area contributed by atoms with E-state index in [2.05, 4.69) is 28.0 Å². The van der Waals surface area contributed by atoms with Gasteiger partial charge in [0.2, 0.25) is 0 Å². The summed E-state index contributed by atoms with van der Waals surface area (Å²) < 4.78 is 5.44. The summed E-state index contributed by atoms with van der Waals surface area (Å²) in [4.78, 5) is 11.1. The average Bonchev–Trinajstić information content (AvgIpc) is 3.11. The molecule has 0 unspecified atom stereocenters. The standard InChI is InChI=1S/C16H17N3O/c1-10-7-11(2)18-13(10)8-15-16(20-3)9-14(19-15)12-5-4-6-17-12/h4-9,17,19H,1-3H3. The molecule has 2 N–H and O–H groups in total. The van der Waals surface area contributed by atoms with E-state index in [0.717, 1.165) is 34.2 Å². The summed E-state index contributed by atoms with van der Waals surface area (Å²) in [5.74, 6) is 0.814. The molecule has 1 aliphatic rings. The second-order valence-corrected chi connectivity index (χ2v) is 4.86. The van der Waals surface area contributed by atoms with E-state index >= 15 is 0 Å². The number of hydrogen-bond donors (Lipinski definition) is 2. The zero-order valence-electron chi connectivity index (χ0n) is 11.8. The quantitative estimate of drug-likeness (QED) is 0.873. The minimum absolute atomic E-state index is 0.814. The zero-order valence-corrected chi connectivity index (χ0v) is 11.8. The Labute approximate surface area is 117 Å². The summed E-state index contributed by atoms with van der Waals surface area (Å²) in [6.07, 6.45) is 6.00. The molecule has 0 spiro atoms. The van der Waals surface area contributed by atoms with Gasteiger partial charge >= 0.3 is 0 Å². The summed E-state index contributed by atoms with van der Waals surface area (Å²) in [5.41, 5.74) is 6.13. The van der Waals surface area contributed by atoms with E-state index in [-0.39, 0.29) is 0 Å². The van der Waals surface area contributed by atoms with Crippen LogP contribution in [0.4, 0.5) is 0 Å². The van der Waals surface area contributed by atoms with Gasteiger partial charge in [0.1, 0.15) is 5.75 Å². The molecule has 0 saturated carbocycles. The third-order valence-corrected chi connectivity index (χ3v) is 3.33. The monoisotopic (exact) mass is 267 g/mol. The number of rotatable bonds is 3. The molecular formula is C16H17N3O. The highest BCUT2D eigenvalue weighted by Gasteiger charge is 2.12. The molecule has 20 heavy (non-hydrogen) atoms. The lowest BCUT2D eigenvalue weighted by Crippen LogP contribution is -1.85. The molecule has 2 aromatic heterocycles. The van der Waals surface area contributed by atoms with Gasteiger partial charge in [-0.15, -0.1) is 0 Å². The van der Waals surface area contributed by atoms with E-state index in [0.29, 0.717) is 0 Å². The van der Waals surface area contributed by atoms with Crippen molar-refractivity contribution in [3.63, 3.8) is 0 Å². The van der Waals surface area contributed by atoms with E-state index in [1.807, 2.05) is 37.4 Å². The first kappa shape index (κ1) is 12.5. The molecule has 0 saturated heterocycles. The fraction of sp³-hybridized carbons (Fsp3) is 0.188. The van der Waals surface area contributed by atoms with Crippen LogP contribution in [0.15, 0.2) is 46.7 Å². The fourth-order valence-corrected chi connectivity index (χ4v) is 2.35. The van der Waals surface area contributed by atoms with Gasteiger partial charge in [0, 0.05) is 18.0 Å². The first-order valence-electron chi connectivity index (χ1n) is 6.54. The van der Waals surface area contributed by atoms with E-state index < -0.39 is 0 Å². The van der Waals surface area contributed by atoms with Crippen LogP contribution in [0.3, 0.4) is 0 Å². The number of H-pyrrole nitrogens is 2. The lowest BCUT2D eigenvalue weighted by atomic mass is 10.2. The second kappa shape index (κ2) is 4.89. The number of nitrogens with zero attached hydrogens (tertiary/aromatic N) is 1. The van der Waals surface area contributed by atoms with Crippen LogP contribution in [0, 0.1) is 0 Å². The normalized spacial score (nSPS) is 16.4. The van der Waals surface area contributed by atoms with Crippen LogP contribution in [-0.4, -0.2) is 22.8 Å². The van der Waals surface area contributed by atoms with Crippen molar-refractivity contribution in [1.29, 1.82) is 0 Å². The molecule has 2 aromatic rings. The third-order valence-electron chi connectivity index (χ3n) is 3.33. The third kappa shape index (κ3) is 2.20. The number of nitrogens with one attached hydrogen (secondary N) is 2. The van der Waals surface area contributed by atoms with Crippen molar-refractivity contribution in [2.75, 3.05) is 7.11 Å². The number of aliphatic imine (C=N–C) groups is 1. The van der Waals surface area contributed by atoms with Crippen molar-refractivity contribution < 1.29 is 4.74 Å². The molecule has 4 heteroatoms. The molecular weight excluding hydrogens is 250 g/mol. The molecule has 3 heterocycles. The van der Waals surface area contributed by atoms with Gasteiger partial charge in [-0.3, -0.25) is 4.99 Å². The Bertz CT molecular complexity index is 715. The van der Waals surface area contributed by atoms with Crippen molar-refractivity contribution in [3.05, 3.63) is 47.4 Å². The molecule has 0 radical (unpaired) electrons. The highest BCUT2D eigenvalue weighted by atomic mass is 16.5. The van der Waals surface area contributed by atoms with Gasteiger partial charge in [0.25, 0.3) is 0 Å². The molecule has 0 aliphatic carbocycles. The Morgan fingerprint density at radius 1 is 1.25 bits per heavy atom. The number of aromatic nitrogens is 2. The zero-order chi connectivity index (χ0) is 14.1. The van der Waals surface area contributed by atoms with Crippen LogP contribution in [0.5, 0.6) is 5.75 Å². The Morgan fingerprint density at radius 2 is 2.10 bits per heavy atom. The Hall–Kier alpha value is -2.49. The van der Waals surface area contributed by atoms with E-state index in [1.165, 1.54) is 5.57 Å². The van der Waals surface area contributed by atoms with Crippen molar-refractivity contribution >= 4 is 11.8 Å². The highest BCUT2D eigenvalue weighted by Crippen LogP contribution is 2.30. The molecule has 0 aromatic carbocycles. The SMILES string of the molecule is COc1cc(-c2ccc[nH]2)[nH]c1C=C1N=C(C)C=C1C. The van der Waals surface area contributed by atoms with Gasteiger partial charge in [-0.25, -0.2) is 0 Å². The average molecular weight is 267 g/mol. The molecule has 0 amide bonds. The van der Waals surface area contributed by atoms with E-state index in [9.17, 15) is 0 Å². The summed E-state index contributed by atoms with van der Waals surface area (Å²) >= 11 is 0. The van der Waals surface area contributed by atoms with E-state index in [4.69, 9.17) is 4.74 Å². The molecule has 102 valence electrons. The fourth-order valence-electron chi connectivity index (χ4n) is 2.35. The largest absolute Gasteiger partial charge is 0.494 e. The molecule has 3 rings (SSSR count). The van der Waals surface area contributed by atoms with Crippen LogP contribution in [0.2, 0.25) is 0 Å². The molecule has 0 atom stereocenters. The maximum absolute atomic E-state index is 5.44. The summed E-state index contributed by atoms with van der Waals surface area (Å²) in [6.45, 7) is 4.06. The van der Waals surface area contributed by atoms with Gasteiger partial charge in [0.05, 0.1) is 29.9 Å². The van der Waals surface area contributed by atoms with Crippen LogP contribution < -0.4 is 4.74 Å². The van der Waals surface area contributed by atoms with Crippen molar-refractivity contribution in [1.82, 2.24) is 9.97 Å². The maximum atomic E-state index is 5.44. The lowest BCUT2D eigenvalue weighted by Gasteiger charge is -1.99. The molecule has 0 fully saturated rings. The van der Waals surface area contributed by atoms with Crippen LogP contribution in [0.1, 0.15) is 19.5 Å². The molecule has 4 nitrogen and oxygen atoms in total. The topological polar surface area (TPSA) is 53.2 Å². The van der Waals surface area contributed by atoms with Gasteiger partial charge in [-0.05, 0) is 43.7 Å². The summed E-state index contributed by atoms with van der Waals surface area (Å²) in [5, 5.41) is 0. The van der Waals surface area contributed by atoms with Gasteiger partial charge in [-0.2, -0.15) is 0 Å². The van der Waals surface area contributed by atoms with Crippen molar-refractivity contribution in [2.45, 2.75) is 13.8 Å². The second-order valence-electron chi connectivity index (χ2n) is 4.86. The smallest absolute Gasteiger partial charge is 0.144 e. The minimum Gasteiger partial charge on any atom is -0.494 e. The summed E-state index contributed by atoms with van der Waals surface area (Å²) in [6, 6.07) is 5.98. The summed E-state index contributed by atoms with van der Waals surface area (Å²) in [7, 11) is 1.68. The van der Waals surface area contributed by atoms with Crippen molar-refractivity contribution in [2.24, 2.45) is 4.99 Å². The Balaban J connectivity index is 2.02. The number of aromatic amines is 2. The van der Waals surface area contributed by atoms with Crippen LogP contribution >= 0.6 is 0 Å². The van der Waals surface area contributed by atoms with Gasteiger partial charge < -0.3 is 14.7 Å². The van der Waals surface area contributed by atoms with Crippen LogP contribution in [-0.2, 0) is 0 Å². The first-order valence-corrected chi connectivity index (χ1v) is 6.54. The molecule has 1 aliphatic heterocycles. The van der Waals surface area contributed by atoms with Gasteiger partial charge in [0.15, 0.2) is 0 Å².